The van der Waals surface area contributed by atoms with Gasteiger partial charge in [0.2, 0.25) is 0 Å². The SMILES string of the molecule is Cc1[nH]n(C2CCN(C[C@H]3CN([C@@H](C(=O)O)C4CCCCC4)C[C@@H]3c3ccccc3)CC2)c(=O)c1Cc1ccccc1. The zero-order chi connectivity index (χ0) is 29.1. The molecule has 7 nitrogen and oxygen atoms in total. The van der Waals surface area contributed by atoms with E-state index in [1.165, 1.54) is 12.0 Å². The van der Waals surface area contributed by atoms with E-state index in [1.807, 2.05) is 29.8 Å². The Morgan fingerprint density at radius 3 is 2.26 bits per heavy atom. The lowest BCUT2D eigenvalue weighted by Crippen LogP contribution is -2.46. The van der Waals surface area contributed by atoms with Gasteiger partial charge in [-0.15, -0.1) is 0 Å². The van der Waals surface area contributed by atoms with Gasteiger partial charge in [-0.25, -0.2) is 4.68 Å². The van der Waals surface area contributed by atoms with Gasteiger partial charge in [0.25, 0.3) is 5.56 Å². The number of hydrogen-bond donors (Lipinski definition) is 2. The molecular weight excluding hydrogens is 524 g/mol. The summed E-state index contributed by atoms with van der Waals surface area (Å²) in [5.74, 6) is 0.343. The Balaban J connectivity index is 1.13. The van der Waals surface area contributed by atoms with Gasteiger partial charge < -0.3 is 10.0 Å². The number of nitrogens with one attached hydrogen (secondary N) is 1. The van der Waals surface area contributed by atoms with Gasteiger partial charge in [0.15, 0.2) is 0 Å². The number of nitrogens with zero attached hydrogens (tertiary/aromatic N) is 3. The standard InChI is InChI=1S/C35H46N4O3/c1-25-31(21-26-11-5-2-6-12-26)34(40)39(36-25)30-17-19-37(20-18-30)22-29-23-38(24-32(29)27-13-7-3-8-14-27)33(35(41)42)28-15-9-4-10-16-28/h2-3,5-8,11-14,28-30,32-33,36H,4,9-10,15-24H2,1H3,(H,41,42)/t29-,32+,33+/m0/s1. The Kier molecular flexibility index (Phi) is 8.96. The number of carbonyl (C=O) groups is 1. The number of piperidine rings is 1. The number of benzene rings is 2. The fraction of sp³-hybridized carbons (Fsp3) is 0.543. The van der Waals surface area contributed by atoms with Gasteiger partial charge in [0.05, 0.1) is 6.04 Å². The first-order valence-corrected chi connectivity index (χ1v) is 16.1. The van der Waals surface area contributed by atoms with Crippen LogP contribution in [0, 0.1) is 18.8 Å². The first-order chi connectivity index (χ1) is 20.5. The number of aromatic amines is 1. The molecule has 0 bridgehead atoms. The van der Waals surface area contributed by atoms with E-state index in [9.17, 15) is 14.7 Å². The van der Waals surface area contributed by atoms with E-state index in [-0.39, 0.29) is 23.6 Å². The highest BCUT2D eigenvalue weighted by Gasteiger charge is 2.43. The van der Waals surface area contributed by atoms with Crippen molar-refractivity contribution in [3.05, 3.63) is 93.4 Å². The van der Waals surface area contributed by atoms with Crippen LogP contribution in [-0.4, -0.2) is 69.4 Å². The van der Waals surface area contributed by atoms with E-state index in [0.717, 1.165) is 88.1 Å². The fourth-order valence-corrected chi connectivity index (χ4v) is 8.06. The number of H-pyrrole nitrogens is 1. The number of rotatable bonds is 9. The van der Waals surface area contributed by atoms with E-state index in [0.29, 0.717) is 18.3 Å². The minimum atomic E-state index is -0.645. The molecule has 3 atom stereocenters. The first kappa shape index (κ1) is 28.9. The molecule has 2 aliphatic heterocycles. The molecule has 3 aromatic rings. The molecule has 1 aliphatic carbocycles. The summed E-state index contributed by atoms with van der Waals surface area (Å²) in [5, 5.41) is 13.7. The zero-order valence-corrected chi connectivity index (χ0v) is 25.0. The van der Waals surface area contributed by atoms with E-state index in [2.05, 4.69) is 57.4 Å². The van der Waals surface area contributed by atoms with Crippen LogP contribution in [0.5, 0.6) is 0 Å². The molecule has 3 aliphatic rings. The topological polar surface area (TPSA) is 81.6 Å². The molecular formula is C35H46N4O3. The summed E-state index contributed by atoms with van der Waals surface area (Å²) in [7, 11) is 0. The maximum atomic E-state index is 13.4. The van der Waals surface area contributed by atoms with Crippen LogP contribution in [0.2, 0.25) is 0 Å². The lowest BCUT2D eigenvalue weighted by Gasteiger charge is -2.35. The van der Waals surface area contributed by atoms with Crippen LogP contribution in [0.4, 0.5) is 0 Å². The third-order valence-corrected chi connectivity index (χ3v) is 10.3. The molecule has 1 aromatic heterocycles. The van der Waals surface area contributed by atoms with Crippen molar-refractivity contribution in [1.82, 2.24) is 19.6 Å². The highest BCUT2D eigenvalue weighted by Crippen LogP contribution is 2.38. The number of likely N-dealkylation sites (tertiary alicyclic amines) is 2. The first-order valence-electron chi connectivity index (χ1n) is 16.1. The molecule has 3 heterocycles. The molecule has 0 radical (unpaired) electrons. The number of carboxylic acids is 1. The van der Waals surface area contributed by atoms with Gasteiger partial charge in [-0.2, -0.15) is 0 Å². The van der Waals surface area contributed by atoms with Crippen LogP contribution in [0.3, 0.4) is 0 Å². The molecule has 42 heavy (non-hydrogen) atoms. The van der Waals surface area contributed by atoms with Crippen LogP contribution < -0.4 is 5.56 Å². The van der Waals surface area contributed by atoms with Crippen molar-refractivity contribution in [3.8, 4) is 0 Å². The molecule has 224 valence electrons. The quantitative estimate of drug-likeness (QED) is 0.357. The molecule has 0 spiro atoms. The second-order valence-electron chi connectivity index (χ2n) is 13.0. The Morgan fingerprint density at radius 1 is 0.929 bits per heavy atom. The number of carboxylic acid groups (broad SMARTS) is 1. The van der Waals surface area contributed by atoms with Crippen LogP contribution in [0.25, 0.3) is 0 Å². The van der Waals surface area contributed by atoms with Crippen LogP contribution >= 0.6 is 0 Å². The van der Waals surface area contributed by atoms with Gasteiger partial charge in [-0.1, -0.05) is 79.9 Å². The second kappa shape index (κ2) is 13.0. The lowest BCUT2D eigenvalue weighted by molar-refractivity contribution is -0.145. The highest BCUT2D eigenvalue weighted by atomic mass is 16.4. The van der Waals surface area contributed by atoms with Crippen molar-refractivity contribution in [2.75, 3.05) is 32.7 Å². The Bertz CT molecular complexity index is 1370. The number of aromatic nitrogens is 2. The van der Waals surface area contributed by atoms with Gasteiger partial charge in [0, 0.05) is 56.3 Å². The van der Waals surface area contributed by atoms with E-state index in [4.69, 9.17) is 0 Å². The Morgan fingerprint density at radius 2 is 1.60 bits per heavy atom. The largest absolute Gasteiger partial charge is 0.480 e. The Labute approximate surface area is 249 Å². The highest BCUT2D eigenvalue weighted by molar-refractivity contribution is 5.74. The van der Waals surface area contributed by atoms with Gasteiger partial charge >= 0.3 is 5.97 Å². The fourth-order valence-electron chi connectivity index (χ4n) is 8.06. The maximum Gasteiger partial charge on any atom is 0.321 e. The van der Waals surface area contributed by atoms with E-state index < -0.39 is 5.97 Å². The van der Waals surface area contributed by atoms with Gasteiger partial charge in [-0.05, 0) is 55.6 Å². The minimum absolute atomic E-state index is 0.118. The summed E-state index contributed by atoms with van der Waals surface area (Å²) in [4.78, 5) is 30.8. The molecule has 2 N–H and O–H groups in total. The number of aryl methyl sites for hydroxylation is 1. The van der Waals surface area contributed by atoms with Crippen LogP contribution in [-0.2, 0) is 11.2 Å². The van der Waals surface area contributed by atoms with E-state index >= 15 is 0 Å². The van der Waals surface area contributed by atoms with Crippen LogP contribution in [0.15, 0.2) is 65.5 Å². The maximum absolute atomic E-state index is 13.4. The Hall–Kier alpha value is -3.16. The molecule has 2 aromatic carbocycles. The van der Waals surface area contributed by atoms with Gasteiger partial charge in [-0.3, -0.25) is 19.6 Å². The lowest BCUT2D eigenvalue weighted by atomic mass is 9.83. The summed E-state index contributed by atoms with van der Waals surface area (Å²) >= 11 is 0. The summed E-state index contributed by atoms with van der Waals surface area (Å²) in [6, 6.07) is 20.7. The third-order valence-electron chi connectivity index (χ3n) is 10.3. The van der Waals surface area contributed by atoms with Gasteiger partial charge in [0.1, 0.15) is 6.04 Å². The molecule has 7 heteroatoms. The molecule has 0 unspecified atom stereocenters. The normalized spacial score (nSPS) is 23.7. The summed E-state index contributed by atoms with van der Waals surface area (Å²) in [5.41, 5.74) is 4.44. The predicted molar refractivity (Wildman–Crippen MR) is 166 cm³/mol. The monoisotopic (exact) mass is 570 g/mol. The van der Waals surface area contributed by atoms with E-state index in [1.54, 1.807) is 0 Å². The molecule has 2 saturated heterocycles. The molecule has 3 fully saturated rings. The second-order valence-corrected chi connectivity index (χ2v) is 13.0. The number of hydrogen-bond acceptors (Lipinski definition) is 4. The molecule has 1 saturated carbocycles. The molecule has 6 rings (SSSR count). The average Bonchev–Trinajstić information content (AvgIpc) is 3.55. The number of aliphatic carboxylic acids is 1. The van der Waals surface area contributed by atoms with Crippen molar-refractivity contribution in [3.63, 3.8) is 0 Å². The smallest absolute Gasteiger partial charge is 0.321 e. The molecule has 0 amide bonds. The summed E-state index contributed by atoms with van der Waals surface area (Å²) in [6.45, 7) is 6.54. The van der Waals surface area contributed by atoms with Crippen molar-refractivity contribution >= 4 is 5.97 Å². The van der Waals surface area contributed by atoms with Crippen molar-refractivity contribution in [2.45, 2.75) is 76.3 Å². The van der Waals surface area contributed by atoms with Crippen molar-refractivity contribution < 1.29 is 9.90 Å². The van der Waals surface area contributed by atoms with Crippen LogP contribution in [0.1, 0.15) is 79.3 Å². The minimum Gasteiger partial charge on any atom is -0.480 e. The average molecular weight is 571 g/mol. The third kappa shape index (κ3) is 6.28. The predicted octanol–water partition coefficient (Wildman–Crippen LogP) is 5.46. The van der Waals surface area contributed by atoms with Crippen molar-refractivity contribution in [1.29, 1.82) is 0 Å². The zero-order valence-electron chi connectivity index (χ0n) is 25.0. The van der Waals surface area contributed by atoms with Crippen molar-refractivity contribution in [2.24, 2.45) is 11.8 Å². The summed E-state index contributed by atoms with van der Waals surface area (Å²) < 4.78 is 1.89. The summed E-state index contributed by atoms with van der Waals surface area (Å²) in [6.07, 6.45) is 8.15.